The molecule has 0 radical (unpaired) electrons. The molecule has 1 aromatic rings. The SMILES string of the molecule is CCNC(CCCOC)c1ccncc1Cl. The highest BCUT2D eigenvalue weighted by Gasteiger charge is 2.12. The Bertz CT molecular complexity index is 307. The van der Waals surface area contributed by atoms with Crippen LogP contribution in [0.25, 0.3) is 0 Å². The fourth-order valence-corrected chi connectivity index (χ4v) is 1.97. The second kappa shape index (κ2) is 7.60. The van der Waals surface area contributed by atoms with E-state index in [4.69, 9.17) is 16.3 Å². The highest BCUT2D eigenvalue weighted by Crippen LogP contribution is 2.25. The number of nitrogens with zero attached hydrogens (tertiary/aromatic N) is 1. The smallest absolute Gasteiger partial charge is 0.0637 e. The zero-order valence-electron chi connectivity index (χ0n) is 9.87. The molecule has 0 aliphatic carbocycles. The quantitative estimate of drug-likeness (QED) is 0.747. The molecule has 3 nitrogen and oxygen atoms in total. The van der Waals surface area contributed by atoms with Gasteiger partial charge in [-0.2, -0.15) is 0 Å². The Kier molecular flexibility index (Phi) is 6.38. The summed E-state index contributed by atoms with van der Waals surface area (Å²) < 4.78 is 5.06. The monoisotopic (exact) mass is 242 g/mol. The maximum absolute atomic E-state index is 6.13. The molecule has 0 aromatic carbocycles. The van der Waals surface area contributed by atoms with Gasteiger partial charge in [-0.15, -0.1) is 0 Å². The molecule has 1 unspecified atom stereocenters. The van der Waals surface area contributed by atoms with Crippen molar-refractivity contribution < 1.29 is 4.74 Å². The Balaban J connectivity index is 2.65. The second-order valence-corrected chi connectivity index (χ2v) is 4.05. The third-order valence-electron chi connectivity index (χ3n) is 2.47. The number of aromatic nitrogens is 1. The summed E-state index contributed by atoms with van der Waals surface area (Å²) in [4.78, 5) is 4.00. The van der Waals surface area contributed by atoms with Crippen LogP contribution in [0.15, 0.2) is 18.5 Å². The molecule has 1 atom stereocenters. The topological polar surface area (TPSA) is 34.1 Å². The zero-order chi connectivity index (χ0) is 11.8. The van der Waals surface area contributed by atoms with Gasteiger partial charge in [0.1, 0.15) is 0 Å². The normalized spacial score (nSPS) is 12.7. The Morgan fingerprint density at radius 3 is 3.00 bits per heavy atom. The van der Waals surface area contributed by atoms with Crippen LogP contribution in [0.1, 0.15) is 31.4 Å². The first-order chi connectivity index (χ1) is 7.79. The summed E-state index contributed by atoms with van der Waals surface area (Å²) in [6, 6.07) is 2.26. The minimum atomic E-state index is 0.288. The van der Waals surface area contributed by atoms with Crippen LogP contribution in [-0.2, 0) is 4.74 Å². The lowest BCUT2D eigenvalue weighted by Crippen LogP contribution is -2.21. The van der Waals surface area contributed by atoms with Crippen molar-refractivity contribution in [3.05, 3.63) is 29.0 Å². The van der Waals surface area contributed by atoms with Gasteiger partial charge in [-0.05, 0) is 31.0 Å². The van der Waals surface area contributed by atoms with Crippen LogP contribution in [0.3, 0.4) is 0 Å². The van der Waals surface area contributed by atoms with Gasteiger partial charge >= 0.3 is 0 Å². The van der Waals surface area contributed by atoms with Gasteiger partial charge in [0, 0.05) is 32.2 Å². The van der Waals surface area contributed by atoms with E-state index in [2.05, 4.69) is 17.2 Å². The van der Waals surface area contributed by atoms with Crippen molar-refractivity contribution >= 4 is 11.6 Å². The second-order valence-electron chi connectivity index (χ2n) is 3.64. The van der Waals surface area contributed by atoms with Gasteiger partial charge in [0.15, 0.2) is 0 Å². The Labute approximate surface area is 102 Å². The number of nitrogens with one attached hydrogen (secondary N) is 1. The van der Waals surface area contributed by atoms with Gasteiger partial charge < -0.3 is 10.1 Å². The van der Waals surface area contributed by atoms with E-state index in [1.807, 2.05) is 6.07 Å². The lowest BCUT2D eigenvalue weighted by molar-refractivity contribution is 0.189. The van der Waals surface area contributed by atoms with E-state index in [0.29, 0.717) is 0 Å². The lowest BCUT2D eigenvalue weighted by atomic mass is 10.0. The lowest BCUT2D eigenvalue weighted by Gasteiger charge is -2.19. The molecule has 4 heteroatoms. The third kappa shape index (κ3) is 4.08. The third-order valence-corrected chi connectivity index (χ3v) is 2.79. The maximum Gasteiger partial charge on any atom is 0.0637 e. The number of ether oxygens (including phenoxy) is 1. The van der Waals surface area contributed by atoms with Crippen LogP contribution in [0.4, 0.5) is 0 Å². The molecular formula is C12H19ClN2O. The maximum atomic E-state index is 6.13. The molecule has 16 heavy (non-hydrogen) atoms. The summed E-state index contributed by atoms with van der Waals surface area (Å²) in [5.74, 6) is 0. The first-order valence-electron chi connectivity index (χ1n) is 5.61. The molecular weight excluding hydrogens is 224 g/mol. The number of methoxy groups -OCH3 is 1. The number of hydrogen-bond acceptors (Lipinski definition) is 3. The van der Waals surface area contributed by atoms with Crippen molar-refractivity contribution in [2.75, 3.05) is 20.3 Å². The summed E-state index contributed by atoms with van der Waals surface area (Å²) >= 11 is 6.13. The highest BCUT2D eigenvalue weighted by atomic mass is 35.5. The standard InChI is InChI=1S/C12H19ClN2O/c1-3-15-12(5-4-8-16-2)10-6-7-14-9-11(10)13/h6-7,9,12,15H,3-5,8H2,1-2H3. The van der Waals surface area contributed by atoms with Crippen LogP contribution >= 0.6 is 11.6 Å². The highest BCUT2D eigenvalue weighted by molar-refractivity contribution is 6.31. The molecule has 0 fully saturated rings. The van der Waals surface area contributed by atoms with Crippen LogP contribution < -0.4 is 5.32 Å². The molecule has 90 valence electrons. The summed E-state index contributed by atoms with van der Waals surface area (Å²) in [6.07, 6.45) is 5.51. The Morgan fingerprint density at radius 2 is 2.38 bits per heavy atom. The van der Waals surface area contributed by atoms with E-state index in [1.54, 1.807) is 19.5 Å². The van der Waals surface area contributed by atoms with Gasteiger partial charge in [-0.1, -0.05) is 18.5 Å². The van der Waals surface area contributed by atoms with E-state index in [9.17, 15) is 0 Å². The average molecular weight is 243 g/mol. The fourth-order valence-electron chi connectivity index (χ4n) is 1.71. The number of hydrogen-bond donors (Lipinski definition) is 1. The van der Waals surface area contributed by atoms with Crippen molar-refractivity contribution in [1.29, 1.82) is 0 Å². The largest absolute Gasteiger partial charge is 0.385 e. The molecule has 1 heterocycles. The molecule has 0 aliphatic heterocycles. The molecule has 1 N–H and O–H groups in total. The van der Waals surface area contributed by atoms with Crippen LogP contribution in [0.5, 0.6) is 0 Å². The molecule has 0 spiro atoms. The predicted octanol–water partition coefficient (Wildman–Crippen LogP) is 2.81. The Hall–Kier alpha value is -0.640. The fraction of sp³-hybridized carbons (Fsp3) is 0.583. The minimum Gasteiger partial charge on any atom is -0.385 e. The van der Waals surface area contributed by atoms with Crippen LogP contribution in [0.2, 0.25) is 5.02 Å². The van der Waals surface area contributed by atoms with Gasteiger partial charge in [0.2, 0.25) is 0 Å². The molecule has 0 saturated carbocycles. The van der Waals surface area contributed by atoms with Crippen LogP contribution in [0, 0.1) is 0 Å². The average Bonchev–Trinajstić information content (AvgIpc) is 2.29. The zero-order valence-corrected chi connectivity index (χ0v) is 10.6. The van der Waals surface area contributed by atoms with Crippen molar-refractivity contribution in [3.8, 4) is 0 Å². The van der Waals surface area contributed by atoms with Crippen molar-refractivity contribution in [2.24, 2.45) is 0 Å². The van der Waals surface area contributed by atoms with Gasteiger partial charge in [-0.25, -0.2) is 0 Å². The van der Waals surface area contributed by atoms with E-state index >= 15 is 0 Å². The summed E-state index contributed by atoms with van der Waals surface area (Å²) in [7, 11) is 1.72. The first kappa shape index (κ1) is 13.4. The predicted molar refractivity (Wildman–Crippen MR) is 66.8 cm³/mol. The van der Waals surface area contributed by atoms with Crippen LogP contribution in [-0.4, -0.2) is 25.2 Å². The van der Waals surface area contributed by atoms with Gasteiger partial charge in [0.25, 0.3) is 0 Å². The van der Waals surface area contributed by atoms with E-state index in [-0.39, 0.29) is 6.04 Å². The molecule has 0 aliphatic rings. The van der Waals surface area contributed by atoms with Crippen molar-refractivity contribution in [3.63, 3.8) is 0 Å². The first-order valence-corrected chi connectivity index (χ1v) is 5.99. The number of halogens is 1. The molecule has 0 saturated heterocycles. The minimum absolute atomic E-state index is 0.288. The van der Waals surface area contributed by atoms with Crippen molar-refractivity contribution in [2.45, 2.75) is 25.8 Å². The van der Waals surface area contributed by atoms with E-state index in [1.165, 1.54) is 0 Å². The molecule has 0 bridgehead atoms. The van der Waals surface area contributed by atoms with E-state index < -0.39 is 0 Å². The molecule has 1 aromatic heterocycles. The number of rotatable bonds is 7. The summed E-state index contributed by atoms with van der Waals surface area (Å²) in [5, 5.41) is 4.16. The van der Waals surface area contributed by atoms with Gasteiger partial charge in [-0.3, -0.25) is 4.98 Å². The summed E-state index contributed by atoms with van der Waals surface area (Å²) in [6.45, 7) is 3.80. The summed E-state index contributed by atoms with van der Waals surface area (Å²) in [5.41, 5.74) is 1.12. The number of pyridine rings is 1. The van der Waals surface area contributed by atoms with Gasteiger partial charge in [0.05, 0.1) is 5.02 Å². The molecule has 0 amide bonds. The van der Waals surface area contributed by atoms with E-state index in [0.717, 1.165) is 36.6 Å². The Morgan fingerprint density at radius 1 is 1.56 bits per heavy atom. The van der Waals surface area contributed by atoms with Crippen molar-refractivity contribution in [1.82, 2.24) is 10.3 Å². The molecule has 1 rings (SSSR count).